The summed E-state index contributed by atoms with van der Waals surface area (Å²) >= 11 is 0. The van der Waals surface area contributed by atoms with Crippen LogP contribution in [0, 0.1) is 0 Å². The first kappa shape index (κ1) is 16.5. The van der Waals surface area contributed by atoms with Crippen LogP contribution in [-0.2, 0) is 11.2 Å². The van der Waals surface area contributed by atoms with Crippen LogP contribution in [0.3, 0.4) is 0 Å². The van der Waals surface area contributed by atoms with E-state index in [-0.39, 0.29) is 17.6 Å². The fourth-order valence-electron chi connectivity index (χ4n) is 3.40. The summed E-state index contributed by atoms with van der Waals surface area (Å²) in [5.74, 6) is 0. The van der Waals surface area contributed by atoms with E-state index in [0.717, 1.165) is 31.4 Å². The van der Waals surface area contributed by atoms with E-state index in [1.807, 2.05) is 0 Å². The number of aromatic amines is 1. The maximum atomic E-state index is 11.2. The number of alkyl carbamates (subject to hydrolysis) is 1. The lowest BCUT2D eigenvalue weighted by Crippen LogP contribution is -2.28. The van der Waals surface area contributed by atoms with Gasteiger partial charge in [-0.1, -0.05) is 12.1 Å². The minimum atomic E-state index is -0.310. The molecule has 0 unspecified atom stereocenters. The standard InChI is InChI=1S/C18H21N3O2.H2O/c1-21-6-4-13(5-7-21)16-10-19-17-3-2-12(9-15(16)17)8-14-11-23-18(22)20-14;/h2-4,9-10,14,19H,5-8,11H2,1H3,(H,20,22);1H2/t14-;/m1./s1. The van der Waals surface area contributed by atoms with Gasteiger partial charge in [-0.25, -0.2) is 4.79 Å². The molecule has 0 radical (unpaired) electrons. The first-order valence-corrected chi connectivity index (χ1v) is 8.10. The molecular formula is C18H23N3O3. The van der Waals surface area contributed by atoms with E-state index < -0.39 is 0 Å². The number of hydrogen-bond acceptors (Lipinski definition) is 3. The Morgan fingerprint density at radius 1 is 1.38 bits per heavy atom. The number of hydrogen-bond donors (Lipinski definition) is 2. The summed E-state index contributed by atoms with van der Waals surface area (Å²) in [4.78, 5) is 16.9. The van der Waals surface area contributed by atoms with Crippen molar-refractivity contribution in [2.75, 3.05) is 26.7 Å². The molecule has 2 aliphatic heterocycles. The zero-order valence-corrected chi connectivity index (χ0v) is 13.8. The van der Waals surface area contributed by atoms with Gasteiger partial charge in [0.1, 0.15) is 6.61 Å². The Hall–Kier alpha value is -2.31. The summed E-state index contributed by atoms with van der Waals surface area (Å²) in [6, 6.07) is 6.56. The highest BCUT2D eigenvalue weighted by Gasteiger charge is 2.22. The molecule has 6 heteroatoms. The van der Waals surface area contributed by atoms with Crippen LogP contribution in [0.25, 0.3) is 16.5 Å². The van der Waals surface area contributed by atoms with Crippen LogP contribution in [0.5, 0.6) is 0 Å². The smallest absolute Gasteiger partial charge is 0.407 e. The lowest BCUT2D eigenvalue weighted by Gasteiger charge is -2.21. The summed E-state index contributed by atoms with van der Waals surface area (Å²) in [7, 11) is 2.15. The maximum absolute atomic E-state index is 11.2. The molecule has 1 saturated heterocycles. The highest BCUT2D eigenvalue weighted by atomic mass is 16.6. The van der Waals surface area contributed by atoms with Crippen LogP contribution in [-0.4, -0.2) is 54.2 Å². The van der Waals surface area contributed by atoms with Gasteiger partial charge in [-0.15, -0.1) is 0 Å². The van der Waals surface area contributed by atoms with E-state index in [0.29, 0.717) is 6.61 Å². The summed E-state index contributed by atoms with van der Waals surface area (Å²) < 4.78 is 4.97. The predicted molar refractivity (Wildman–Crippen MR) is 94.0 cm³/mol. The van der Waals surface area contributed by atoms with Gasteiger partial charge >= 0.3 is 6.09 Å². The SMILES string of the molecule is CN1CC=C(c2c[nH]c3ccc(C[C@@H]4COC(=O)N4)cc23)CC1.O. The number of H-pyrrole nitrogens is 1. The largest absolute Gasteiger partial charge is 0.447 e. The molecule has 6 nitrogen and oxygen atoms in total. The Labute approximate surface area is 140 Å². The maximum Gasteiger partial charge on any atom is 0.407 e. The number of cyclic esters (lactones) is 1. The quantitative estimate of drug-likeness (QED) is 0.898. The van der Waals surface area contributed by atoms with Gasteiger partial charge in [0.2, 0.25) is 0 Å². The molecule has 1 aromatic heterocycles. The Morgan fingerprint density at radius 3 is 2.96 bits per heavy atom. The number of rotatable bonds is 3. The van der Waals surface area contributed by atoms with Gasteiger partial charge in [0.05, 0.1) is 6.04 Å². The van der Waals surface area contributed by atoms with Crippen LogP contribution < -0.4 is 5.32 Å². The molecule has 2 aromatic rings. The second-order valence-electron chi connectivity index (χ2n) is 6.47. The van der Waals surface area contributed by atoms with Crippen molar-refractivity contribution in [1.82, 2.24) is 15.2 Å². The van der Waals surface area contributed by atoms with Gasteiger partial charge in [-0.05, 0) is 43.2 Å². The predicted octanol–water partition coefficient (Wildman–Crippen LogP) is 1.71. The third kappa shape index (κ3) is 3.16. The van der Waals surface area contributed by atoms with E-state index in [1.54, 1.807) is 0 Å². The minimum absolute atomic E-state index is 0. The molecule has 1 amide bonds. The number of likely N-dealkylation sites (N-methyl/N-ethyl adjacent to an activating group) is 1. The number of nitrogens with zero attached hydrogens (tertiary/aromatic N) is 1. The molecule has 3 heterocycles. The molecule has 0 bridgehead atoms. The normalized spacial score (nSPS) is 21.1. The zero-order valence-electron chi connectivity index (χ0n) is 13.8. The van der Waals surface area contributed by atoms with Crippen molar-refractivity contribution >= 4 is 22.6 Å². The first-order chi connectivity index (χ1) is 11.2. The molecule has 0 saturated carbocycles. The topological polar surface area (TPSA) is 88.9 Å². The lowest BCUT2D eigenvalue weighted by molar-refractivity contribution is 0.177. The van der Waals surface area contributed by atoms with Gasteiger partial charge < -0.3 is 25.4 Å². The molecule has 1 atom stereocenters. The van der Waals surface area contributed by atoms with E-state index >= 15 is 0 Å². The van der Waals surface area contributed by atoms with Crippen LogP contribution in [0.1, 0.15) is 17.5 Å². The number of fused-ring (bicyclic) bond motifs is 1. The Balaban J connectivity index is 0.00000169. The molecule has 0 spiro atoms. The van der Waals surface area contributed by atoms with E-state index in [1.165, 1.54) is 22.1 Å². The van der Waals surface area contributed by atoms with Crippen molar-refractivity contribution in [1.29, 1.82) is 0 Å². The molecule has 24 heavy (non-hydrogen) atoms. The van der Waals surface area contributed by atoms with E-state index in [9.17, 15) is 4.79 Å². The lowest BCUT2D eigenvalue weighted by atomic mass is 9.97. The van der Waals surface area contributed by atoms with Crippen molar-refractivity contribution in [3.63, 3.8) is 0 Å². The molecule has 128 valence electrons. The Morgan fingerprint density at radius 2 is 2.25 bits per heavy atom. The molecule has 1 aromatic carbocycles. The number of ether oxygens (including phenoxy) is 1. The van der Waals surface area contributed by atoms with Gasteiger partial charge in [0, 0.05) is 35.8 Å². The van der Waals surface area contributed by atoms with Crippen molar-refractivity contribution in [2.24, 2.45) is 0 Å². The number of aromatic nitrogens is 1. The van der Waals surface area contributed by atoms with Crippen molar-refractivity contribution in [2.45, 2.75) is 18.9 Å². The number of amides is 1. The van der Waals surface area contributed by atoms with E-state index in [4.69, 9.17) is 4.74 Å². The third-order valence-corrected chi connectivity index (χ3v) is 4.72. The van der Waals surface area contributed by atoms with Crippen LogP contribution in [0.4, 0.5) is 4.79 Å². The molecule has 0 aliphatic carbocycles. The average Bonchev–Trinajstić information content (AvgIpc) is 3.14. The van der Waals surface area contributed by atoms with Gasteiger partial charge in [-0.2, -0.15) is 0 Å². The third-order valence-electron chi connectivity index (χ3n) is 4.72. The molecule has 4 N–H and O–H groups in total. The highest BCUT2D eigenvalue weighted by Crippen LogP contribution is 2.30. The molecule has 1 fully saturated rings. The highest BCUT2D eigenvalue weighted by molar-refractivity contribution is 5.93. The zero-order chi connectivity index (χ0) is 15.8. The fourth-order valence-corrected chi connectivity index (χ4v) is 3.40. The second kappa shape index (κ2) is 6.67. The number of benzene rings is 1. The van der Waals surface area contributed by atoms with Gasteiger partial charge in [0.15, 0.2) is 0 Å². The van der Waals surface area contributed by atoms with Crippen LogP contribution in [0.15, 0.2) is 30.5 Å². The fraction of sp³-hybridized carbons (Fsp3) is 0.389. The van der Waals surface area contributed by atoms with Crippen LogP contribution in [0.2, 0.25) is 0 Å². The van der Waals surface area contributed by atoms with Crippen molar-refractivity contribution < 1.29 is 15.0 Å². The second-order valence-corrected chi connectivity index (χ2v) is 6.47. The number of carbonyl (C=O) groups is 1. The molecule has 2 aliphatic rings. The summed E-state index contributed by atoms with van der Waals surface area (Å²) in [6.45, 7) is 2.56. The summed E-state index contributed by atoms with van der Waals surface area (Å²) in [5, 5.41) is 4.11. The van der Waals surface area contributed by atoms with Gasteiger partial charge in [-0.3, -0.25) is 0 Å². The monoisotopic (exact) mass is 329 g/mol. The van der Waals surface area contributed by atoms with E-state index in [2.05, 4.69) is 52.7 Å². The minimum Gasteiger partial charge on any atom is -0.447 e. The average molecular weight is 329 g/mol. The number of nitrogens with one attached hydrogen (secondary N) is 2. The summed E-state index contributed by atoms with van der Waals surface area (Å²) in [6.07, 6.45) is 6.01. The first-order valence-electron chi connectivity index (χ1n) is 8.10. The van der Waals surface area contributed by atoms with Crippen molar-refractivity contribution in [3.05, 3.63) is 41.6 Å². The number of carbonyl (C=O) groups excluding carboxylic acids is 1. The van der Waals surface area contributed by atoms with Crippen LogP contribution >= 0.6 is 0 Å². The Bertz CT molecular complexity index is 781. The van der Waals surface area contributed by atoms with Gasteiger partial charge in [0.25, 0.3) is 0 Å². The molecular weight excluding hydrogens is 306 g/mol. The Kier molecular flexibility index (Phi) is 4.59. The summed E-state index contributed by atoms with van der Waals surface area (Å²) in [5.41, 5.74) is 5.11. The van der Waals surface area contributed by atoms with Crippen molar-refractivity contribution in [3.8, 4) is 0 Å². The molecule has 4 rings (SSSR count).